The van der Waals surface area contributed by atoms with E-state index in [0.29, 0.717) is 17.8 Å². The quantitative estimate of drug-likeness (QED) is 0.748. The highest BCUT2D eigenvalue weighted by atomic mass is 16.7. The lowest BCUT2D eigenvalue weighted by atomic mass is 9.86. The molecule has 0 radical (unpaired) electrons. The van der Waals surface area contributed by atoms with E-state index in [1.54, 1.807) is 0 Å². The molecular weight excluding hydrogens is 232 g/mol. The average molecular weight is 256 g/mol. The SMILES string of the molecule is CCC(C)(C)C(O)OC1C2CC3C(O)OC1C3C2. The van der Waals surface area contributed by atoms with Crippen molar-refractivity contribution in [2.45, 2.75) is 64.8 Å². The lowest BCUT2D eigenvalue weighted by Gasteiger charge is -2.35. The molecule has 1 saturated heterocycles. The molecular formula is C14H24O4. The maximum Gasteiger partial charge on any atom is 0.160 e. The highest BCUT2D eigenvalue weighted by molar-refractivity contribution is 5.07. The maximum atomic E-state index is 10.2. The van der Waals surface area contributed by atoms with E-state index in [0.717, 1.165) is 19.3 Å². The Morgan fingerprint density at radius 1 is 1.33 bits per heavy atom. The van der Waals surface area contributed by atoms with E-state index in [1.807, 2.05) is 13.8 Å². The highest BCUT2D eigenvalue weighted by Crippen LogP contribution is 2.57. The summed E-state index contributed by atoms with van der Waals surface area (Å²) in [5.74, 6) is 1.19. The fourth-order valence-corrected chi connectivity index (χ4v) is 3.77. The number of rotatable bonds is 4. The molecule has 2 bridgehead atoms. The van der Waals surface area contributed by atoms with Gasteiger partial charge >= 0.3 is 0 Å². The zero-order chi connectivity index (χ0) is 13.1. The minimum atomic E-state index is -0.758. The Morgan fingerprint density at radius 3 is 2.67 bits per heavy atom. The molecule has 2 aliphatic carbocycles. The fraction of sp³-hybridized carbons (Fsp3) is 1.00. The molecule has 0 aromatic heterocycles. The number of hydrogen-bond acceptors (Lipinski definition) is 4. The van der Waals surface area contributed by atoms with Crippen molar-refractivity contribution >= 4 is 0 Å². The number of aliphatic hydroxyl groups is 2. The predicted octanol–water partition coefficient (Wildman–Crippen LogP) is 1.50. The molecule has 2 saturated carbocycles. The van der Waals surface area contributed by atoms with E-state index in [-0.39, 0.29) is 17.6 Å². The molecule has 7 unspecified atom stereocenters. The minimum absolute atomic E-state index is 0.00828. The summed E-state index contributed by atoms with van der Waals surface area (Å²) in [7, 11) is 0. The Hall–Kier alpha value is -0.160. The van der Waals surface area contributed by atoms with Crippen LogP contribution in [-0.4, -0.2) is 35.0 Å². The number of fused-ring (bicyclic) bond motifs is 1. The van der Waals surface area contributed by atoms with Gasteiger partial charge < -0.3 is 19.7 Å². The molecule has 4 heteroatoms. The van der Waals surface area contributed by atoms with Crippen LogP contribution < -0.4 is 0 Å². The number of ether oxygens (including phenoxy) is 2. The van der Waals surface area contributed by atoms with Crippen molar-refractivity contribution in [2.24, 2.45) is 23.2 Å². The first-order chi connectivity index (χ1) is 8.44. The molecule has 0 aromatic carbocycles. The van der Waals surface area contributed by atoms with Crippen molar-refractivity contribution in [1.29, 1.82) is 0 Å². The first-order valence-corrected chi connectivity index (χ1v) is 7.11. The Labute approximate surface area is 108 Å². The van der Waals surface area contributed by atoms with Gasteiger partial charge in [-0.25, -0.2) is 0 Å². The highest BCUT2D eigenvalue weighted by Gasteiger charge is 2.61. The standard InChI is InChI=1S/C14H24O4/c1-4-14(2,3)13(16)18-10-7-5-8-9(6-7)12(15)17-11(8)10/h7-13,15-16H,4-6H2,1-3H3. The molecule has 3 rings (SSSR count). The van der Waals surface area contributed by atoms with Gasteiger partial charge in [0, 0.05) is 11.3 Å². The van der Waals surface area contributed by atoms with Gasteiger partial charge in [-0.05, 0) is 31.1 Å². The Kier molecular flexibility index (Phi) is 2.98. The summed E-state index contributed by atoms with van der Waals surface area (Å²) < 4.78 is 11.5. The molecule has 3 fully saturated rings. The largest absolute Gasteiger partial charge is 0.368 e. The van der Waals surface area contributed by atoms with Crippen molar-refractivity contribution in [3.63, 3.8) is 0 Å². The summed E-state index contributed by atoms with van der Waals surface area (Å²) in [6, 6.07) is 0. The molecule has 1 heterocycles. The van der Waals surface area contributed by atoms with Crippen molar-refractivity contribution in [1.82, 2.24) is 0 Å². The first kappa shape index (κ1) is 12.9. The third-order valence-corrected chi connectivity index (χ3v) is 5.44. The van der Waals surface area contributed by atoms with E-state index in [1.165, 1.54) is 0 Å². The molecule has 7 atom stereocenters. The molecule has 2 N–H and O–H groups in total. The molecule has 18 heavy (non-hydrogen) atoms. The summed E-state index contributed by atoms with van der Waals surface area (Å²) in [4.78, 5) is 0. The number of aliphatic hydroxyl groups excluding tert-OH is 2. The van der Waals surface area contributed by atoms with Gasteiger partial charge in [-0.2, -0.15) is 0 Å². The number of hydrogen-bond donors (Lipinski definition) is 2. The van der Waals surface area contributed by atoms with Crippen LogP contribution in [0.4, 0.5) is 0 Å². The van der Waals surface area contributed by atoms with Crippen LogP contribution in [0.25, 0.3) is 0 Å². The van der Waals surface area contributed by atoms with Crippen molar-refractivity contribution < 1.29 is 19.7 Å². The van der Waals surface area contributed by atoms with Gasteiger partial charge in [0.25, 0.3) is 0 Å². The van der Waals surface area contributed by atoms with Crippen LogP contribution in [0, 0.1) is 23.2 Å². The van der Waals surface area contributed by atoms with Crippen LogP contribution in [0.2, 0.25) is 0 Å². The molecule has 0 spiro atoms. The van der Waals surface area contributed by atoms with E-state index in [4.69, 9.17) is 9.47 Å². The molecule has 4 nitrogen and oxygen atoms in total. The second-order valence-electron chi connectivity index (χ2n) is 6.85. The average Bonchev–Trinajstić information content (AvgIpc) is 2.93. The summed E-state index contributed by atoms with van der Waals surface area (Å²) in [6.07, 6.45) is 1.51. The third kappa shape index (κ3) is 1.73. The normalized spacial score (nSPS) is 47.8. The molecule has 3 aliphatic rings. The second-order valence-corrected chi connectivity index (χ2v) is 6.85. The van der Waals surface area contributed by atoms with Gasteiger partial charge in [-0.3, -0.25) is 0 Å². The summed E-state index contributed by atoms with van der Waals surface area (Å²) >= 11 is 0. The van der Waals surface area contributed by atoms with E-state index < -0.39 is 12.6 Å². The zero-order valence-electron chi connectivity index (χ0n) is 11.4. The van der Waals surface area contributed by atoms with Gasteiger partial charge in [0.05, 0.1) is 12.2 Å². The lowest BCUT2D eigenvalue weighted by molar-refractivity contribution is -0.226. The van der Waals surface area contributed by atoms with Crippen LogP contribution in [0.1, 0.15) is 40.0 Å². The van der Waals surface area contributed by atoms with Gasteiger partial charge in [0.15, 0.2) is 12.6 Å². The van der Waals surface area contributed by atoms with Crippen LogP contribution in [0.15, 0.2) is 0 Å². The molecule has 104 valence electrons. The molecule has 0 aromatic rings. The lowest BCUT2D eigenvalue weighted by Crippen LogP contribution is -2.42. The van der Waals surface area contributed by atoms with Crippen molar-refractivity contribution in [2.75, 3.05) is 0 Å². The minimum Gasteiger partial charge on any atom is -0.368 e. The predicted molar refractivity (Wildman–Crippen MR) is 65.5 cm³/mol. The van der Waals surface area contributed by atoms with Crippen molar-refractivity contribution in [3.05, 3.63) is 0 Å². The Bertz CT molecular complexity index is 330. The van der Waals surface area contributed by atoms with Crippen LogP contribution in [-0.2, 0) is 9.47 Å². The monoisotopic (exact) mass is 256 g/mol. The van der Waals surface area contributed by atoms with Gasteiger partial charge in [-0.15, -0.1) is 0 Å². The summed E-state index contributed by atoms with van der Waals surface area (Å²) in [6.45, 7) is 6.08. The topological polar surface area (TPSA) is 58.9 Å². The van der Waals surface area contributed by atoms with Crippen LogP contribution in [0.5, 0.6) is 0 Å². The van der Waals surface area contributed by atoms with E-state index in [2.05, 4.69) is 6.92 Å². The van der Waals surface area contributed by atoms with Gasteiger partial charge in [0.1, 0.15) is 0 Å². The third-order valence-electron chi connectivity index (χ3n) is 5.44. The van der Waals surface area contributed by atoms with E-state index in [9.17, 15) is 10.2 Å². The van der Waals surface area contributed by atoms with Crippen LogP contribution >= 0.6 is 0 Å². The van der Waals surface area contributed by atoms with Gasteiger partial charge in [-0.1, -0.05) is 20.8 Å². The Balaban J connectivity index is 1.69. The van der Waals surface area contributed by atoms with Crippen molar-refractivity contribution in [3.8, 4) is 0 Å². The van der Waals surface area contributed by atoms with Gasteiger partial charge in [0.2, 0.25) is 0 Å². The zero-order valence-corrected chi connectivity index (χ0v) is 11.4. The van der Waals surface area contributed by atoms with Crippen LogP contribution in [0.3, 0.4) is 0 Å². The molecule has 1 aliphatic heterocycles. The maximum absolute atomic E-state index is 10.2. The first-order valence-electron chi connectivity index (χ1n) is 7.11. The second kappa shape index (κ2) is 4.17. The summed E-state index contributed by atoms with van der Waals surface area (Å²) in [5.41, 5.74) is -0.238. The Morgan fingerprint density at radius 2 is 2.00 bits per heavy atom. The molecule has 0 amide bonds. The smallest absolute Gasteiger partial charge is 0.160 e. The van der Waals surface area contributed by atoms with E-state index >= 15 is 0 Å². The summed E-state index contributed by atoms with van der Waals surface area (Å²) in [5, 5.41) is 20.0. The fourth-order valence-electron chi connectivity index (χ4n) is 3.77.